The topological polar surface area (TPSA) is 74.8 Å². The summed E-state index contributed by atoms with van der Waals surface area (Å²) in [5, 5.41) is 9.10. The Balaban J connectivity index is 0.00000392. The van der Waals surface area contributed by atoms with Gasteiger partial charge in [0, 0.05) is 25.2 Å². The van der Waals surface area contributed by atoms with Crippen molar-refractivity contribution < 1.29 is 13.9 Å². The van der Waals surface area contributed by atoms with Gasteiger partial charge >= 0.3 is 0 Å². The lowest BCUT2D eigenvalue weighted by Gasteiger charge is -2.12. The van der Waals surface area contributed by atoms with Gasteiger partial charge in [-0.2, -0.15) is 0 Å². The molecular weight excluding hydrogens is 474 g/mol. The molecule has 0 atom stereocenters. The van der Waals surface area contributed by atoms with Crippen LogP contribution in [0.3, 0.4) is 0 Å². The van der Waals surface area contributed by atoms with Crippen molar-refractivity contribution in [3.05, 3.63) is 65.5 Å². The van der Waals surface area contributed by atoms with Crippen LogP contribution in [0.25, 0.3) is 0 Å². The number of carbonyl (C=O) groups excluding carboxylic acids is 1. The zero-order valence-corrected chi connectivity index (χ0v) is 18.3. The molecule has 0 aliphatic heterocycles. The largest absolute Gasteiger partial charge is 0.497 e. The van der Waals surface area contributed by atoms with Gasteiger partial charge in [-0.1, -0.05) is 12.1 Å². The number of aliphatic imine (C=N–C) groups is 1. The number of halogens is 2. The quantitative estimate of drug-likeness (QED) is 0.226. The van der Waals surface area contributed by atoms with E-state index >= 15 is 0 Å². The highest BCUT2D eigenvalue weighted by Crippen LogP contribution is 2.10. The van der Waals surface area contributed by atoms with Gasteiger partial charge in [0.05, 0.1) is 13.7 Å². The third kappa shape index (κ3) is 8.12. The molecule has 2 rings (SSSR count). The average Bonchev–Trinajstić information content (AvgIpc) is 2.69. The maximum absolute atomic E-state index is 13.2. The number of hydrogen-bond donors (Lipinski definition) is 3. The summed E-state index contributed by atoms with van der Waals surface area (Å²) in [4.78, 5) is 16.5. The zero-order valence-electron chi connectivity index (χ0n) is 16.0. The first-order chi connectivity index (χ1) is 13.1. The highest BCUT2D eigenvalue weighted by atomic mass is 127. The molecular formula is C20H26FIN4O2. The van der Waals surface area contributed by atoms with Crippen molar-refractivity contribution in [2.24, 2.45) is 4.99 Å². The molecule has 8 heteroatoms. The SMILES string of the molecule is CCNC(=NCc1cccc(F)c1)NCCNC(=O)c1ccc(OC)cc1.I. The van der Waals surface area contributed by atoms with Crippen LogP contribution in [0.15, 0.2) is 53.5 Å². The fourth-order valence-electron chi connectivity index (χ4n) is 2.35. The predicted octanol–water partition coefficient (Wildman–Crippen LogP) is 2.94. The summed E-state index contributed by atoms with van der Waals surface area (Å²) in [5.41, 5.74) is 1.36. The van der Waals surface area contributed by atoms with Crippen molar-refractivity contribution in [3.63, 3.8) is 0 Å². The standard InChI is InChI=1S/C20H25FN4O2.HI/c1-3-22-20(25-14-15-5-4-6-17(21)13-15)24-12-11-23-19(26)16-7-9-18(27-2)10-8-16;/h4-10,13H,3,11-12,14H2,1-2H3,(H,23,26)(H2,22,24,25);1H. The molecule has 0 aromatic heterocycles. The number of carbonyl (C=O) groups is 1. The minimum atomic E-state index is -0.276. The Kier molecular flexibility index (Phi) is 10.9. The van der Waals surface area contributed by atoms with Gasteiger partial charge in [0.15, 0.2) is 5.96 Å². The number of methoxy groups -OCH3 is 1. The van der Waals surface area contributed by atoms with E-state index in [1.54, 1.807) is 37.4 Å². The van der Waals surface area contributed by atoms with Crippen LogP contribution in [0.1, 0.15) is 22.8 Å². The van der Waals surface area contributed by atoms with Crippen LogP contribution >= 0.6 is 24.0 Å². The maximum atomic E-state index is 13.2. The van der Waals surface area contributed by atoms with Crippen LogP contribution in [0, 0.1) is 5.82 Å². The fourth-order valence-corrected chi connectivity index (χ4v) is 2.35. The van der Waals surface area contributed by atoms with E-state index < -0.39 is 0 Å². The van der Waals surface area contributed by atoms with Crippen molar-refractivity contribution in [3.8, 4) is 5.75 Å². The Morgan fingerprint density at radius 1 is 1.07 bits per heavy atom. The first kappa shape index (κ1) is 23.7. The molecule has 0 saturated carbocycles. The fraction of sp³-hybridized carbons (Fsp3) is 0.300. The summed E-state index contributed by atoms with van der Waals surface area (Å²) in [6.45, 7) is 3.98. The van der Waals surface area contributed by atoms with Gasteiger partial charge in [0.25, 0.3) is 5.91 Å². The predicted molar refractivity (Wildman–Crippen MR) is 120 cm³/mol. The van der Waals surface area contributed by atoms with Gasteiger partial charge in [-0.3, -0.25) is 4.79 Å². The van der Waals surface area contributed by atoms with Crippen LogP contribution in [-0.4, -0.2) is 38.6 Å². The van der Waals surface area contributed by atoms with E-state index in [9.17, 15) is 9.18 Å². The normalized spacial score (nSPS) is 10.6. The van der Waals surface area contributed by atoms with Crippen molar-refractivity contribution in [2.75, 3.05) is 26.7 Å². The molecule has 0 heterocycles. The van der Waals surface area contributed by atoms with E-state index in [2.05, 4.69) is 20.9 Å². The summed E-state index contributed by atoms with van der Waals surface area (Å²) in [6, 6.07) is 13.3. The summed E-state index contributed by atoms with van der Waals surface area (Å²) >= 11 is 0. The summed E-state index contributed by atoms with van der Waals surface area (Å²) in [5.74, 6) is 0.890. The molecule has 0 aliphatic carbocycles. The second-order valence-corrected chi connectivity index (χ2v) is 5.74. The molecule has 0 bridgehead atoms. The Morgan fingerprint density at radius 2 is 1.79 bits per heavy atom. The third-order valence-corrected chi connectivity index (χ3v) is 3.71. The van der Waals surface area contributed by atoms with Crippen LogP contribution in [-0.2, 0) is 6.54 Å². The second kappa shape index (κ2) is 12.9. The van der Waals surface area contributed by atoms with Crippen LogP contribution in [0.2, 0.25) is 0 Å². The van der Waals surface area contributed by atoms with Crippen molar-refractivity contribution in [1.82, 2.24) is 16.0 Å². The average molecular weight is 500 g/mol. The smallest absolute Gasteiger partial charge is 0.251 e. The molecule has 0 radical (unpaired) electrons. The van der Waals surface area contributed by atoms with Crippen molar-refractivity contribution in [1.29, 1.82) is 0 Å². The molecule has 0 aliphatic rings. The van der Waals surface area contributed by atoms with E-state index in [4.69, 9.17) is 4.74 Å². The Labute approximate surface area is 182 Å². The number of nitrogens with zero attached hydrogens (tertiary/aromatic N) is 1. The Bertz CT molecular complexity index is 769. The van der Waals surface area contributed by atoms with E-state index in [1.165, 1.54) is 12.1 Å². The van der Waals surface area contributed by atoms with Crippen molar-refractivity contribution >= 4 is 35.8 Å². The van der Waals surface area contributed by atoms with Gasteiger partial charge in [-0.15, -0.1) is 24.0 Å². The number of hydrogen-bond acceptors (Lipinski definition) is 3. The molecule has 3 N–H and O–H groups in total. The Hall–Kier alpha value is -2.36. The van der Waals surface area contributed by atoms with E-state index in [0.717, 1.165) is 5.56 Å². The lowest BCUT2D eigenvalue weighted by Crippen LogP contribution is -2.41. The van der Waals surface area contributed by atoms with E-state index in [1.807, 2.05) is 13.0 Å². The zero-order chi connectivity index (χ0) is 19.5. The van der Waals surface area contributed by atoms with Gasteiger partial charge in [-0.25, -0.2) is 9.38 Å². The van der Waals surface area contributed by atoms with E-state index in [0.29, 0.717) is 43.5 Å². The third-order valence-electron chi connectivity index (χ3n) is 3.71. The molecule has 28 heavy (non-hydrogen) atoms. The van der Waals surface area contributed by atoms with Gasteiger partial charge in [0.2, 0.25) is 0 Å². The number of benzene rings is 2. The lowest BCUT2D eigenvalue weighted by atomic mass is 10.2. The van der Waals surface area contributed by atoms with Crippen molar-refractivity contribution in [2.45, 2.75) is 13.5 Å². The number of rotatable bonds is 8. The summed E-state index contributed by atoms with van der Waals surface area (Å²) in [6.07, 6.45) is 0. The first-order valence-electron chi connectivity index (χ1n) is 8.81. The van der Waals surface area contributed by atoms with Gasteiger partial charge in [-0.05, 0) is 48.9 Å². The lowest BCUT2D eigenvalue weighted by molar-refractivity contribution is 0.0954. The molecule has 0 saturated heterocycles. The van der Waals surface area contributed by atoms with E-state index in [-0.39, 0.29) is 35.7 Å². The summed E-state index contributed by atoms with van der Waals surface area (Å²) in [7, 11) is 1.58. The number of guanidine groups is 1. The minimum absolute atomic E-state index is 0. The van der Waals surface area contributed by atoms with Gasteiger partial charge in [0.1, 0.15) is 11.6 Å². The van der Waals surface area contributed by atoms with Gasteiger partial charge < -0.3 is 20.7 Å². The Morgan fingerprint density at radius 3 is 2.43 bits per heavy atom. The van der Waals surface area contributed by atoms with Crippen LogP contribution in [0.5, 0.6) is 5.75 Å². The summed E-state index contributed by atoms with van der Waals surface area (Å²) < 4.78 is 18.3. The first-order valence-corrected chi connectivity index (χ1v) is 8.81. The van der Waals surface area contributed by atoms with Crippen LogP contribution in [0.4, 0.5) is 4.39 Å². The molecule has 152 valence electrons. The minimum Gasteiger partial charge on any atom is -0.497 e. The molecule has 1 amide bonds. The second-order valence-electron chi connectivity index (χ2n) is 5.74. The molecule has 2 aromatic carbocycles. The molecule has 0 spiro atoms. The number of amides is 1. The maximum Gasteiger partial charge on any atom is 0.251 e. The molecule has 6 nitrogen and oxygen atoms in total. The molecule has 0 unspecified atom stereocenters. The molecule has 2 aromatic rings. The number of ether oxygens (including phenoxy) is 1. The monoisotopic (exact) mass is 500 g/mol. The molecule has 0 fully saturated rings. The number of nitrogens with one attached hydrogen (secondary N) is 3. The highest BCUT2D eigenvalue weighted by Gasteiger charge is 2.05. The van der Waals surface area contributed by atoms with Crippen LogP contribution < -0.4 is 20.7 Å². The highest BCUT2D eigenvalue weighted by molar-refractivity contribution is 14.0.